The van der Waals surface area contributed by atoms with E-state index in [-0.39, 0.29) is 11.9 Å². The summed E-state index contributed by atoms with van der Waals surface area (Å²) < 4.78 is 5.06. The first kappa shape index (κ1) is 14.7. The van der Waals surface area contributed by atoms with Gasteiger partial charge in [-0.15, -0.1) is 0 Å². The Balaban J connectivity index is 2.24. The molecule has 0 unspecified atom stereocenters. The lowest BCUT2D eigenvalue weighted by Gasteiger charge is -2.10. The number of nitrogens with zero attached hydrogens (tertiary/aromatic N) is 3. The molecule has 0 saturated heterocycles. The second-order valence-electron chi connectivity index (χ2n) is 4.26. The van der Waals surface area contributed by atoms with Gasteiger partial charge in [0.15, 0.2) is 0 Å². The zero-order valence-corrected chi connectivity index (χ0v) is 12.2. The predicted molar refractivity (Wildman–Crippen MR) is 79.7 cm³/mol. The summed E-state index contributed by atoms with van der Waals surface area (Å²) in [6, 6.07) is 5.07. The molecule has 0 radical (unpaired) electrons. The predicted octanol–water partition coefficient (Wildman–Crippen LogP) is 1.87. The lowest BCUT2D eigenvalue weighted by Crippen LogP contribution is -2.17. The quantitative estimate of drug-likeness (QED) is 0.872. The number of carbonyl (C=O) groups is 1. The van der Waals surface area contributed by atoms with E-state index >= 15 is 0 Å². The van der Waals surface area contributed by atoms with Crippen LogP contribution in [-0.4, -0.2) is 34.5 Å². The van der Waals surface area contributed by atoms with Crippen LogP contribution in [0, 0.1) is 6.92 Å². The first-order chi connectivity index (χ1) is 10.1. The Hall–Kier alpha value is -2.70. The Morgan fingerprint density at radius 1 is 1.38 bits per heavy atom. The van der Waals surface area contributed by atoms with Gasteiger partial charge in [0.1, 0.15) is 5.82 Å². The molecule has 0 aromatic carbocycles. The third-order valence-electron chi connectivity index (χ3n) is 2.66. The number of ether oxygens (including phenoxy) is 1. The van der Waals surface area contributed by atoms with E-state index in [1.165, 1.54) is 7.11 Å². The molecule has 7 nitrogen and oxygen atoms in total. The Bertz CT molecular complexity index is 645. The van der Waals surface area contributed by atoms with E-state index in [0.717, 1.165) is 0 Å². The summed E-state index contributed by atoms with van der Waals surface area (Å²) in [7, 11) is 1.51. The average Bonchev–Trinajstić information content (AvgIpc) is 2.47. The zero-order chi connectivity index (χ0) is 15.2. The summed E-state index contributed by atoms with van der Waals surface area (Å²) in [6.45, 7) is 4.41. The van der Waals surface area contributed by atoms with Crippen LogP contribution in [-0.2, 0) is 0 Å². The Labute approximate surface area is 122 Å². The molecule has 110 valence electrons. The van der Waals surface area contributed by atoms with Crippen molar-refractivity contribution in [2.45, 2.75) is 13.8 Å². The van der Waals surface area contributed by atoms with Crippen molar-refractivity contribution in [3.63, 3.8) is 0 Å². The smallest absolute Gasteiger partial charge is 0.261 e. The Kier molecular flexibility index (Phi) is 4.65. The lowest BCUT2D eigenvalue weighted by molar-refractivity contribution is 0.102. The number of aromatic nitrogens is 3. The van der Waals surface area contributed by atoms with Gasteiger partial charge in [-0.3, -0.25) is 10.1 Å². The Morgan fingerprint density at radius 3 is 2.90 bits per heavy atom. The molecule has 21 heavy (non-hydrogen) atoms. The maximum atomic E-state index is 12.3. The van der Waals surface area contributed by atoms with Crippen molar-refractivity contribution >= 4 is 17.7 Å². The van der Waals surface area contributed by atoms with Crippen molar-refractivity contribution < 1.29 is 9.53 Å². The SMILES string of the molecule is CCNc1ncccc1C(=O)Nc1nc(C)cc(OC)n1. The monoisotopic (exact) mass is 287 g/mol. The molecule has 0 spiro atoms. The number of aryl methyl sites for hydroxylation is 1. The molecule has 0 atom stereocenters. The van der Waals surface area contributed by atoms with Crippen molar-refractivity contribution in [1.82, 2.24) is 15.0 Å². The van der Waals surface area contributed by atoms with Crippen LogP contribution in [0.2, 0.25) is 0 Å². The van der Waals surface area contributed by atoms with Gasteiger partial charge >= 0.3 is 0 Å². The number of rotatable bonds is 5. The van der Waals surface area contributed by atoms with Crippen LogP contribution in [0.3, 0.4) is 0 Å². The highest BCUT2D eigenvalue weighted by Gasteiger charge is 2.14. The number of amides is 1. The van der Waals surface area contributed by atoms with Gasteiger partial charge < -0.3 is 10.1 Å². The molecule has 2 aromatic rings. The minimum atomic E-state index is -0.327. The molecule has 0 bridgehead atoms. The summed E-state index contributed by atoms with van der Waals surface area (Å²) in [5.41, 5.74) is 1.14. The van der Waals surface area contributed by atoms with E-state index in [2.05, 4.69) is 25.6 Å². The number of anilines is 2. The number of hydrogen-bond acceptors (Lipinski definition) is 6. The standard InChI is InChI=1S/C14H17N5O2/c1-4-15-12-10(6-5-7-16-12)13(20)19-14-17-9(2)8-11(18-14)21-3/h5-8H,4H2,1-3H3,(H,15,16)(H,17,18,19,20). The molecular weight excluding hydrogens is 270 g/mol. The first-order valence-electron chi connectivity index (χ1n) is 6.54. The fourth-order valence-corrected chi connectivity index (χ4v) is 1.77. The highest BCUT2D eigenvalue weighted by Crippen LogP contribution is 2.15. The van der Waals surface area contributed by atoms with Gasteiger partial charge in [0, 0.05) is 24.5 Å². The summed E-state index contributed by atoms with van der Waals surface area (Å²) in [5, 5.41) is 5.69. The maximum Gasteiger partial charge on any atom is 0.261 e. The third-order valence-corrected chi connectivity index (χ3v) is 2.66. The van der Waals surface area contributed by atoms with Crippen molar-refractivity contribution in [3.05, 3.63) is 35.7 Å². The summed E-state index contributed by atoms with van der Waals surface area (Å²) in [6.07, 6.45) is 1.63. The molecular formula is C14H17N5O2. The number of nitrogens with one attached hydrogen (secondary N) is 2. The molecule has 2 N–H and O–H groups in total. The Morgan fingerprint density at radius 2 is 2.19 bits per heavy atom. The van der Waals surface area contributed by atoms with Crippen molar-refractivity contribution in [2.24, 2.45) is 0 Å². The van der Waals surface area contributed by atoms with Gasteiger partial charge in [-0.05, 0) is 26.0 Å². The molecule has 0 fully saturated rings. The molecule has 2 heterocycles. The number of carbonyl (C=O) groups excluding carboxylic acids is 1. The fraction of sp³-hybridized carbons (Fsp3) is 0.286. The normalized spacial score (nSPS) is 10.0. The molecule has 0 aliphatic rings. The van der Waals surface area contributed by atoms with E-state index in [9.17, 15) is 4.79 Å². The summed E-state index contributed by atoms with van der Waals surface area (Å²) in [5.74, 6) is 0.794. The molecule has 2 rings (SSSR count). The summed E-state index contributed by atoms with van der Waals surface area (Å²) in [4.78, 5) is 24.7. The van der Waals surface area contributed by atoms with Crippen LogP contribution in [0.25, 0.3) is 0 Å². The van der Waals surface area contributed by atoms with Gasteiger partial charge in [0.2, 0.25) is 11.8 Å². The number of pyridine rings is 1. The van der Waals surface area contributed by atoms with E-state index in [1.54, 1.807) is 31.3 Å². The van der Waals surface area contributed by atoms with Crippen LogP contribution >= 0.6 is 0 Å². The summed E-state index contributed by atoms with van der Waals surface area (Å²) >= 11 is 0. The van der Waals surface area contributed by atoms with Gasteiger partial charge in [-0.25, -0.2) is 9.97 Å². The minimum Gasteiger partial charge on any atom is -0.481 e. The molecule has 2 aromatic heterocycles. The van der Waals surface area contributed by atoms with Gasteiger partial charge in [-0.2, -0.15) is 4.98 Å². The highest BCUT2D eigenvalue weighted by molar-refractivity contribution is 6.06. The van der Waals surface area contributed by atoms with Crippen LogP contribution in [0.15, 0.2) is 24.4 Å². The van der Waals surface area contributed by atoms with E-state index < -0.39 is 0 Å². The molecule has 1 amide bonds. The van der Waals surface area contributed by atoms with E-state index in [1.807, 2.05) is 6.92 Å². The lowest BCUT2D eigenvalue weighted by atomic mass is 10.2. The van der Waals surface area contributed by atoms with Gasteiger partial charge in [-0.1, -0.05) is 0 Å². The minimum absolute atomic E-state index is 0.197. The van der Waals surface area contributed by atoms with E-state index in [4.69, 9.17) is 4.74 Å². The van der Waals surface area contributed by atoms with Gasteiger partial charge in [0.25, 0.3) is 5.91 Å². The highest BCUT2D eigenvalue weighted by atomic mass is 16.5. The topological polar surface area (TPSA) is 89.0 Å². The van der Waals surface area contributed by atoms with E-state index in [0.29, 0.717) is 29.5 Å². The van der Waals surface area contributed by atoms with Crippen LogP contribution in [0.1, 0.15) is 23.0 Å². The molecule has 0 aliphatic carbocycles. The second kappa shape index (κ2) is 6.65. The van der Waals surface area contributed by atoms with Crippen molar-refractivity contribution in [1.29, 1.82) is 0 Å². The first-order valence-corrected chi connectivity index (χ1v) is 6.54. The fourth-order valence-electron chi connectivity index (χ4n) is 1.77. The average molecular weight is 287 g/mol. The molecule has 0 saturated carbocycles. The molecule has 0 aliphatic heterocycles. The van der Waals surface area contributed by atoms with Crippen molar-refractivity contribution in [2.75, 3.05) is 24.3 Å². The number of hydrogen-bond donors (Lipinski definition) is 2. The second-order valence-corrected chi connectivity index (χ2v) is 4.26. The van der Waals surface area contributed by atoms with Crippen LogP contribution < -0.4 is 15.4 Å². The van der Waals surface area contributed by atoms with Gasteiger partial charge in [0.05, 0.1) is 12.7 Å². The van der Waals surface area contributed by atoms with Crippen LogP contribution in [0.5, 0.6) is 5.88 Å². The zero-order valence-electron chi connectivity index (χ0n) is 12.2. The number of methoxy groups -OCH3 is 1. The largest absolute Gasteiger partial charge is 0.481 e. The molecule has 7 heteroatoms. The van der Waals surface area contributed by atoms with Crippen molar-refractivity contribution in [3.8, 4) is 5.88 Å². The van der Waals surface area contributed by atoms with Crippen LogP contribution in [0.4, 0.5) is 11.8 Å². The maximum absolute atomic E-state index is 12.3. The third kappa shape index (κ3) is 3.65.